The molecule has 0 aromatic heterocycles. The quantitative estimate of drug-likeness (QED) is 0.577. The van der Waals surface area contributed by atoms with E-state index in [1.807, 2.05) is 0 Å². The van der Waals surface area contributed by atoms with Crippen LogP contribution in [0.25, 0.3) is 0 Å². The van der Waals surface area contributed by atoms with Crippen molar-refractivity contribution in [1.29, 1.82) is 0 Å². The normalized spacial score (nSPS) is 39.5. The summed E-state index contributed by atoms with van der Waals surface area (Å²) in [6.45, 7) is 11.8. The Morgan fingerprint density at radius 2 is 1.67 bits per heavy atom. The lowest BCUT2D eigenvalue weighted by Crippen LogP contribution is -2.59. The molecule has 1 heterocycles. The molecule has 12 heavy (non-hydrogen) atoms. The van der Waals surface area contributed by atoms with Gasteiger partial charge in [0.1, 0.15) is 8.24 Å². The van der Waals surface area contributed by atoms with Crippen molar-refractivity contribution in [3.05, 3.63) is 0 Å². The summed E-state index contributed by atoms with van der Waals surface area (Å²) < 4.78 is 0. The van der Waals surface area contributed by atoms with Gasteiger partial charge in [0.05, 0.1) is 0 Å². The van der Waals surface area contributed by atoms with Gasteiger partial charge in [0.25, 0.3) is 0 Å². The molecule has 1 rings (SSSR count). The fraction of sp³-hybridized carbons (Fsp3) is 1.00. The Morgan fingerprint density at radius 1 is 1.17 bits per heavy atom. The lowest BCUT2D eigenvalue weighted by Gasteiger charge is -2.54. The number of hydrogen-bond donors (Lipinski definition) is 1. The molecule has 0 radical (unpaired) electrons. The molecule has 1 saturated heterocycles. The highest BCUT2D eigenvalue weighted by atomic mass is 28.3. The maximum absolute atomic E-state index is 6.47. The van der Waals surface area contributed by atoms with Gasteiger partial charge in [-0.05, 0) is 22.9 Å². The molecule has 1 aliphatic heterocycles. The number of hydrogen-bond acceptors (Lipinski definition) is 1. The molecule has 1 aliphatic rings. The Hall–Kier alpha value is 0.177. The van der Waals surface area contributed by atoms with E-state index in [0.717, 1.165) is 0 Å². The first-order chi connectivity index (χ1) is 5.21. The second kappa shape index (κ2) is 2.58. The molecule has 0 aliphatic carbocycles. The summed E-state index contributed by atoms with van der Waals surface area (Å²) in [7, 11) is -1.45. The molecule has 1 fully saturated rings. The Kier molecular flexibility index (Phi) is 2.21. The van der Waals surface area contributed by atoms with E-state index in [4.69, 9.17) is 5.40 Å². The van der Waals surface area contributed by atoms with E-state index in [1.54, 1.807) is 0 Å². The van der Waals surface area contributed by atoms with Crippen LogP contribution < -0.4 is 5.40 Å². The molecule has 72 valence electrons. The predicted molar refractivity (Wildman–Crippen MR) is 57.7 cm³/mol. The second-order valence-electron chi connectivity index (χ2n) is 5.78. The zero-order valence-electron chi connectivity index (χ0n) is 9.20. The standard InChI is InChI=1S/C10H23NSi/c1-9(2)7-6-8-12(5,11)10(9,3)4/h6-8,11H2,1-5H3. The minimum absolute atomic E-state index is 0.387. The molecule has 1 unspecified atom stereocenters. The van der Waals surface area contributed by atoms with Gasteiger partial charge >= 0.3 is 0 Å². The Bertz CT molecular complexity index is 164. The third-order valence-electron chi connectivity index (χ3n) is 4.62. The molecule has 0 spiro atoms. The van der Waals surface area contributed by atoms with Crippen LogP contribution >= 0.6 is 0 Å². The van der Waals surface area contributed by atoms with Crippen molar-refractivity contribution in [1.82, 2.24) is 0 Å². The molecular weight excluding hydrogens is 162 g/mol. The molecule has 0 aromatic carbocycles. The molecule has 2 N–H and O–H groups in total. The van der Waals surface area contributed by atoms with Crippen molar-refractivity contribution in [2.24, 2.45) is 10.8 Å². The molecule has 0 aromatic rings. The van der Waals surface area contributed by atoms with Crippen LogP contribution in [0.2, 0.25) is 17.6 Å². The molecule has 2 heteroatoms. The van der Waals surface area contributed by atoms with Crippen molar-refractivity contribution < 1.29 is 0 Å². The SMILES string of the molecule is CC1(C)CCC[Si](C)(N)C1(C)C. The third kappa shape index (κ3) is 1.25. The summed E-state index contributed by atoms with van der Waals surface area (Å²) in [4.78, 5) is 0. The van der Waals surface area contributed by atoms with Gasteiger partial charge < -0.3 is 5.40 Å². The highest BCUT2D eigenvalue weighted by molar-refractivity contribution is 6.78. The van der Waals surface area contributed by atoms with E-state index in [1.165, 1.54) is 18.9 Å². The first-order valence-corrected chi connectivity index (χ1v) is 7.78. The second-order valence-corrected chi connectivity index (χ2v) is 10.4. The van der Waals surface area contributed by atoms with Crippen molar-refractivity contribution in [2.75, 3.05) is 0 Å². The van der Waals surface area contributed by atoms with Crippen LogP contribution in [-0.2, 0) is 0 Å². The highest BCUT2D eigenvalue weighted by Crippen LogP contribution is 2.57. The summed E-state index contributed by atoms with van der Waals surface area (Å²) in [5.41, 5.74) is 0.445. The number of nitrogens with two attached hydrogens (primary N) is 1. The minimum Gasteiger partial charge on any atom is -0.350 e. The Morgan fingerprint density at radius 3 is 2.00 bits per heavy atom. The van der Waals surface area contributed by atoms with Gasteiger partial charge in [0.2, 0.25) is 0 Å². The predicted octanol–water partition coefficient (Wildman–Crippen LogP) is 3.12. The van der Waals surface area contributed by atoms with Crippen LogP contribution in [0.4, 0.5) is 0 Å². The maximum Gasteiger partial charge on any atom is 0.126 e. The molecule has 0 saturated carbocycles. The van der Waals surface area contributed by atoms with Gasteiger partial charge in [-0.3, -0.25) is 0 Å². The van der Waals surface area contributed by atoms with Gasteiger partial charge in [-0.2, -0.15) is 0 Å². The Balaban J connectivity index is 2.99. The topological polar surface area (TPSA) is 26.0 Å². The molecule has 0 bridgehead atoms. The Labute approximate surface area is 77.8 Å². The van der Waals surface area contributed by atoms with Gasteiger partial charge in [-0.1, -0.05) is 40.7 Å². The summed E-state index contributed by atoms with van der Waals surface area (Å²) in [5.74, 6) is 0. The first-order valence-electron chi connectivity index (χ1n) is 5.00. The molecular formula is C10H23NSi. The third-order valence-corrected chi connectivity index (χ3v) is 9.54. The zero-order chi connectivity index (χ0) is 9.62. The highest BCUT2D eigenvalue weighted by Gasteiger charge is 2.52. The van der Waals surface area contributed by atoms with E-state index in [2.05, 4.69) is 34.2 Å². The van der Waals surface area contributed by atoms with E-state index in [0.29, 0.717) is 10.5 Å². The lowest BCUT2D eigenvalue weighted by atomic mass is 9.76. The summed E-state index contributed by atoms with van der Waals surface area (Å²) >= 11 is 0. The van der Waals surface area contributed by atoms with Crippen LogP contribution in [0.15, 0.2) is 0 Å². The lowest BCUT2D eigenvalue weighted by molar-refractivity contribution is 0.214. The fourth-order valence-electron chi connectivity index (χ4n) is 2.30. The van der Waals surface area contributed by atoms with Crippen molar-refractivity contribution in [3.8, 4) is 0 Å². The van der Waals surface area contributed by atoms with Crippen molar-refractivity contribution in [3.63, 3.8) is 0 Å². The summed E-state index contributed by atoms with van der Waals surface area (Å²) in [6.07, 6.45) is 2.69. The van der Waals surface area contributed by atoms with Gasteiger partial charge in [-0.25, -0.2) is 0 Å². The molecule has 1 atom stereocenters. The van der Waals surface area contributed by atoms with E-state index in [9.17, 15) is 0 Å². The van der Waals surface area contributed by atoms with Crippen molar-refractivity contribution >= 4 is 8.24 Å². The average molecular weight is 185 g/mol. The van der Waals surface area contributed by atoms with Crippen LogP contribution in [0.5, 0.6) is 0 Å². The van der Waals surface area contributed by atoms with Gasteiger partial charge in [0.15, 0.2) is 0 Å². The smallest absolute Gasteiger partial charge is 0.126 e. The first kappa shape index (κ1) is 10.3. The van der Waals surface area contributed by atoms with Gasteiger partial charge in [-0.15, -0.1) is 0 Å². The van der Waals surface area contributed by atoms with E-state index in [-0.39, 0.29) is 0 Å². The summed E-state index contributed by atoms with van der Waals surface area (Å²) in [5, 5.41) is 6.86. The average Bonchev–Trinajstić information content (AvgIpc) is 1.83. The largest absolute Gasteiger partial charge is 0.350 e. The zero-order valence-corrected chi connectivity index (χ0v) is 10.2. The monoisotopic (exact) mass is 185 g/mol. The number of rotatable bonds is 0. The van der Waals surface area contributed by atoms with Crippen LogP contribution in [-0.4, -0.2) is 8.24 Å². The maximum atomic E-state index is 6.47. The molecule has 1 nitrogen and oxygen atoms in total. The van der Waals surface area contributed by atoms with E-state index < -0.39 is 8.24 Å². The summed E-state index contributed by atoms with van der Waals surface area (Å²) in [6, 6.07) is 1.31. The van der Waals surface area contributed by atoms with Crippen LogP contribution in [0, 0.1) is 5.41 Å². The molecule has 0 amide bonds. The minimum atomic E-state index is -1.45. The van der Waals surface area contributed by atoms with Crippen molar-refractivity contribution in [2.45, 2.75) is 58.2 Å². The van der Waals surface area contributed by atoms with E-state index >= 15 is 0 Å². The van der Waals surface area contributed by atoms with Crippen LogP contribution in [0.3, 0.4) is 0 Å². The fourth-order valence-corrected chi connectivity index (χ4v) is 5.50. The van der Waals surface area contributed by atoms with Crippen LogP contribution in [0.1, 0.15) is 40.5 Å². The van der Waals surface area contributed by atoms with Gasteiger partial charge in [0, 0.05) is 0 Å².